The van der Waals surface area contributed by atoms with Crippen molar-refractivity contribution in [3.63, 3.8) is 0 Å². The molecule has 1 heterocycles. The van der Waals surface area contributed by atoms with Crippen LogP contribution in [0.25, 0.3) is 11.3 Å². The highest BCUT2D eigenvalue weighted by molar-refractivity contribution is 9.10. The fraction of sp³-hybridized carbons (Fsp3) is 0.100. The molecule has 0 amide bonds. The van der Waals surface area contributed by atoms with Crippen molar-refractivity contribution >= 4 is 15.9 Å². The molecule has 0 saturated heterocycles. The van der Waals surface area contributed by atoms with Gasteiger partial charge < -0.3 is 4.42 Å². The van der Waals surface area contributed by atoms with Crippen molar-refractivity contribution in [3.05, 3.63) is 40.8 Å². The molecule has 0 atom stereocenters. The summed E-state index contributed by atoms with van der Waals surface area (Å²) in [6.07, 6.45) is 3.16. The quantitative estimate of drug-likeness (QED) is 0.760. The summed E-state index contributed by atoms with van der Waals surface area (Å²) in [4.78, 5) is 3.88. The second kappa shape index (κ2) is 3.34. The molecule has 0 aliphatic carbocycles. The molecule has 0 spiro atoms. The van der Waals surface area contributed by atoms with E-state index in [1.54, 1.807) is 6.20 Å². The second-order valence-electron chi connectivity index (χ2n) is 2.82. The molecule has 66 valence electrons. The zero-order valence-electron chi connectivity index (χ0n) is 7.12. The fourth-order valence-electron chi connectivity index (χ4n) is 1.25. The lowest BCUT2D eigenvalue weighted by Gasteiger charge is -2.01. The number of rotatable bonds is 1. The SMILES string of the molecule is Cc1cc(Br)ccc1-c1cnco1. The molecule has 0 N–H and O–H groups in total. The number of halogens is 1. The lowest BCUT2D eigenvalue weighted by molar-refractivity contribution is 0.571. The van der Waals surface area contributed by atoms with E-state index in [1.807, 2.05) is 19.1 Å². The lowest BCUT2D eigenvalue weighted by Crippen LogP contribution is -1.80. The summed E-state index contributed by atoms with van der Waals surface area (Å²) in [5.74, 6) is 0.810. The minimum Gasteiger partial charge on any atom is -0.444 e. The van der Waals surface area contributed by atoms with E-state index in [2.05, 4.69) is 27.0 Å². The third-order valence-electron chi connectivity index (χ3n) is 1.89. The highest BCUT2D eigenvalue weighted by Gasteiger charge is 2.04. The van der Waals surface area contributed by atoms with E-state index in [4.69, 9.17) is 4.42 Å². The number of hydrogen-bond donors (Lipinski definition) is 0. The van der Waals surface area contributed by atoms with Crippen LogP contribution in [0.3, 0.4) is 0 Å². The molecule has 1 aromatic heterocycles. The van der Waals surface area contributed by atoms with Crippen molar-refractivity contribution in [1.82, 2.24) is 4.98 Å². The van der Waals surface area contributed by atoms with Gasteiger partial charge in [-0.05, 0) is 30.7 Å². The smallest absolute Gasteiger partial charge is 0.181 e. The molecule has 0 unspecified atom stereocenters. The normalized spacial score (nSPS) is 10.3. The van der Waals surface area contributed by atoms with Crippen molar-refractivity contribution in [3.8, 4) is 11.3 Å². The summed E-state index contributed by atoms with van der Waals surface area (Å²) in [6, 6.07) is 6.06. The van der Waals surface area contributed by atoms with E-state index in [0.717, 1.165) is 15.8 Å². The molecule has 0 aliphatic rings. The van der Waals surface area contributed by atoms with Gasteiger partial charge in [-0.15, -0.1) is 0 Å². The van der Waals surface area contributed by atoms with Crippen LogP contribution in [0.4, 0.5) is 0 Å². The maximum Gasteiger partial charge on any atom is 0.181 e. The van der Waals surface area contributed by atoms with Crippen LogP contribution in [0.5, 0.6) is 0 Å². The van der Waals surface area contributed by atoms with Crippen LogP contribution in [0, 0.1) is 6.92 Å². The summed E-state index contributed by atoms with van der Waals surface area (Å²) in [5, 5.41) is 0. The Hall–Kier alpha value is -1.09. The van der Waals surface area contributed by atoms with Crippen LogP contribution in [0.1, 0.15) is 5.56 Å². The van der Waals surface area contributed by atoms with Crippen molar-refractivity contribution in [1.29, 1.82) is 0 Å². The molecule has 3 heteroatoms. The largest absolute Gasteiger partial charge is 0.444 e. The van der Waals surface area contributed by atoms with Gasteiger partial charge in [0.25, 0.3) is 0 Å². The van der Waals surface area contributed by atoms with Gasteiger partial charge in [-0.1, -0.05) is 15.9 Å². The Labute approximate surface area is 84.7 Å². The summed E-state index contributed by atoms with van der Waals surface area (Å²) < 4.78 is 6.29. The number of nitrogens with zero attached hydrogens (tertiary/aromatic N) is 1. The highest BCUT2D eigenvalue weighted by atomic mass is 79.9. The summed E-state index contributed by atoms with van der Waals surface area (Å²) in [7, 11) is 0. The minimum absolute atomic E-state index is 0.810. The predicted octanol–water partition coefficient (Wildman–Crippen LogP) is 3.41. The first-order chi connectivity index (χ1) is 6.27. The Bertz CT molecular complexity index is 409. The fourth-order valence-corrected chi connectivity index (χ4v) is 1.73. The van der Waals surface area contributed by atoms with Gasteiger partial charge in [0.05, 0.1) is 6.20 Å². The maximum atomic E-state index is 5.21. The molecule has 0 saturated carbocycles. The van der Waals surface area contributed by atoms with E-state index >= 15 is 0 Å². The summed E-state index contributed by atoms with van der Waals surface area (Å²) in [5.41, 5.74) is 2.26. The van der Waals surface area contributed by atoms with Gasteiger partial charge >= 0.3 is 0 Å². The minimum atomic E-state index is 0.810. The molecule has 0 radical (unpaired) electrons. The molecule has 2 nitrogen and oxygen atoms in total. The first kappa shape index (κ1) is 8.51. The second-order valence-corrected chi connectivity index (χ2v) is 3.74. The monoisotopic (exact) mass is 237 g/mol. The van der Waals surface area contributed by atoms with Crippen LogP contribution in [0.15, 0.2) is 39.7 Å². The van der Waals surface area contributed by atoms with E-state index in [9.17, 15) is 0 Å². The third-order valence-corrected chi connectivity index (χ3v) is 2.38. The van der Waals surface area contributed by atoms with Crippen LogP contribution in [-0.2, 0) is 0 Å². The zero-order chi connectivity index (χ0) is 9.26. The molecule has 0 fully saturated rings. The van der Waals surface area contributed by atoms with Gasteiger partial charge in [-0.25, -0.2) is 4.98 Å². The van der Waals surface area contributed by atoms with Crippen LogP contribution < -0.4 is 0 Å². The average Bonchev–Trinajstić information content (AvgIpc) is 2.56. The number of aryl methyl sites for hydroxylation is 1. The third kappa shape index (κ3) is 1.65. The highest BCUT2D eigenvalue weighted by Crippen LogP contribution is 2.25. The molecule has 0 bridgehead atoms. The number of oxazole rings is 1. The van der Waals surface area contributed by atoms with Gasteiger partial charge in [0.2, 0.25) is 0 Å². The van der Waals surface area contributed by atoms with Crippen molar-refractivity contribution in [2.75, 3.05) is 0 Å². The Balaban J connectivity index is 2.53. The van der Waals surface area contributed by atoms with E-state index < -0.39 is 0 Å². The van der Waals surface area contributed by atoms with Crippen molar-refractivity contribution < 1.29 is 4.42 Å². The van der Waals surface area contributed by atoms with E-state index in [1.165, 1.54) is 12.0 Å². The van der Waals surface area contributed by atoms with Gasteiger partial charge in [-0.2, -0.15) is 0 Å². The standard InChI is InChI=1S/C10H8BrNO/c1-7-4-8(11)2-3-9(7)10-5-12-6-13-10/h2-6H,1H3. The maximum absolute atomic E-state index is 5.21. The molecule has 2 rings (SSSR count). The first-order valence-electron chi connectivity index (χ1n) is 3.92. The van der Waals surface area contributed by atoms with Gasteiger partial charge in [0.1, 0.15) is 0 Å². The number of hydrogen-bond acceptors (Lipinski definition) is 2. The number of aromatic nitrogens is 1. The van der Waals surface area contributed by atoms with E-state index in [-0.39, 0.29) is 0 Å². The summed E-state index contributed by atoms with van der Waals surface area (Å²) in [6.45, 7) is 2.04. The van der Waals surface area contributed by atoms with Gasteiger partial charge in [0.15, 0.2) is 12.2 Å². The molecule has 2 aromatic rings. The topological polar surface area (TPSA) is 26.0 Å². The average molecular weight is 238 g/mol. The van der Waals surface area contributed by atoms with Gasteiger partial charge in [-0.3, -0.25) is 0 Å². The zero-order valence-corrected chi connectivity index (χ0v) is 8.71. The molecular formula is C10H8BrNO. The summed E-state index contributed by atoms with van der Waals surface area (Å²) >= 11 is 3.41. The lowest BCUT2D eigenvalue weighted by atomic mass is 10.1. The van der Waals surface area contributed by atoms with Gasteiger partial charge in [0, 0.05) is 10.0 Å². The Morgan fingerprint density at radius 3 is 2.85 bits per heavy atom. The Morgan fingerprint density at radius 2 is 2.23 bits per heavy atom. The predicted molar refractivity (Wildman–Crippen MR) is 54.4 cm³/mol. The number of benzene rings is 1. The van der Waals surface area contributed by atoms with E-state index in [0.29, 0.717) is 0 Å². The Kier molecular flexibility index (Phi) is 2.19. The van der Waals surface area contributed by atoms with Crippen LogP contribution >= 0.6 is 15.9 Å². The molecule has 0 aliphatic heterocycles. The molecule has 13 heavy (non-hydrogen) atoms. The van der Waals surface area contributed by atoms with Crippen LogP contribution in [-0.4, -0.2) is 4.98 Å². The van der Waals surface area contributed by atoms with Crippen LogP contribution in [0.2, 0.25) is 0 Å². The van der Waals surface area contributed by atoms with Crippen molar-refractivity contribution in [2.24, 2.45) is 0 Å². The Morgan fingerprint density at radius 1 is 1.38 bits per heavy atom. The molecular weight excluding hydrogens is 230 g/mol. The van der Waals surface area contributed by atoms with Crippen molar-refractivity contribution in [2.45, 2.75) is 6.92 Å². The molecule has 1 aromatic carbocycles. The first-order valence-corrected chi connectivity index (χ1v) is 4.71.